The maximum Gasteiger partial charge on any atom is 0.280 e. The molecule has 2 N–H and O–H groups in total. The maximum atomic E-state index is 12.2. The molecular formula is C17H20BrN5O2. The van der Waals surface area contributed by atoms with E-state index >= 15 is 0 Å². The molecule has 2 heterocycles. The van der Waals surface area contributed by atoms with Gasteiger partial charge >= 0.3 is 0 Å². The molecule has 2 aromatic rings. The summed E-state index contributed by atoms with van der Waals surface area (Å²) in [6, 6.07) is 7.76. The van der Waals surface area contributed by atoms with Crippen molar-refractivity contribution in [3.8, 4) is 0 Å². The molecule has 1 fully saturated rings. The van der Waals surface area contributed by atoms with Gasteiger partial charge in [0.2, 0.25) is 5.91 Å². The number of amides is 1. The number of H-pyrrole nitrogens is 1. The minimum Gasteiger partial charge on any atom is -0.367 e. The van der Waals surface area contributed by atoms with E-state index in [1.807, 2.05) is 31.2 Å². The number of aromatic amines is 1. The van der Waals surface area contributed by atoms with Gasteiger partial charge in [-0.1, -0.05) is 17.7 Å². The number of aromatic nitrogens is 2. The molecule has 0 spiro atoms. The summed E-state index contributed by atoms with van der Waals surface area (Å²) < 4.78 is 0.494. The first-order valence-electron chi connectivity index (χ1n) is 8.10. The Balaban J connectivity index is 1.52. The van der Waals surface area contributed by atoms with Gasteiger partial charge in [-0.15, -0.1) is 0 Å². The van der Waals surface area contributed by atoms with Gasteiger partial charge in [0.05, 0.1) is 18.4 Å². The van der Waals surface area contributed by atoms with Crippen LogP contribution in [-0.4, -0.2) is 53.7 Å². The lowest BCUT2D eigenvalue weighted by molar-refractivity contribution is -0.117. The highest BCUT2D eigenvalue weighted by atomic mass is 79.9. The van der Waals surface area contributed by atoms with Crippen molar-refractivity contribution in [3.05, 3.63) is 50.9 Å². The molecule has 0 bridgehead atoms. The third-order valence-electron chi connectivity index (χ3n) is 4.19. The van der Waals surface area contributed by atoms with Crippen LogP contribution in [0.2, 0.25) is 0 Å². The molecule has 1 aliphatic heterocycles. The van der Waals surface area contributed by atoms with E-state index in [0.717, 1.165) is 43.1 Å². The van der Waals surface area contributed by atoms with E-state index in [-0.39, 0.29) is 11.5 Å². The zero-order chi connectivity index (χ0) is 17.8. The van der Waals surface area contributed by atoms with Crippen molar-refractivity contribution >= 4 is 33.2 Å². The van der Waals surface area contributed by atoms with Crippen LogP contribution in [0.15, 0.2) is 39.7 Å². The number of carbonyl (C=O) groups is 1. The zero-order valence-corrected chi connectivity index (χ0v) is 15.5. The van der Waals surface area contributed by atoms with Crippen molar-refractivity contribution < 1.29 is 4.79 Å². The maximum absolute atomic E-state index is 12.2. The Bertz CT molecular complexity index is 797. The van der Waals surface area contributed by atoms with Gasteiger partial charge in [-0.05, 0) is 35.0 Å². The van der Waals surface area contributed by atoms with Crippen LogP contribution in [0, 0.1) is 6.92 Å². The molecule has 0 atom stereocenters. The first-order valence-corrected chi connectivity index (χ1v) is 8.89. The fourth-order valence-corrected chi connectivity index (χ4v) is 3.22. The largest absolute Gasteiger partial charge is 0.367 e. The summed E-state index contributed by atoms with van der Waals surface area (Å²) in [5, 5.41) is 9.17. The van der Waals surface area contributed by atoms with E-state index in [4.69, 9.17) is 0 Å². The van der Waals surface area contributed by atoms with Crippen LogP contribution in [0.25, 0.3) is 0 Å². The number of rotatable bonds is 4. The van der Waals surface area contributed by atoms with Crippen LogP contribution in [-0.2, 0) is 4.79 Å². The van der Waals surface area contributed by atoms with E-state index in [0.29, 0.717) is 11.0 Å². The molecule has 25 heavy (non-hydrogen) atoms. The molecule has 1 amide bonds. The number of benzene rings is 1. The van der Waals surface area contributed by atoms with Gasteiger partial charge in [-0.3, -0.25) is 14.5 Å². The molecule has 1 aromatic carbocycles. The summed E-state index contributed by atoms with van der Waals surface area (Å²) in [6.07, 6.45) is 1.64. The predicted molar refractivity (Wildman–Crippen MR) is 101 cm³/mol. The number of halogens is 1. The summed E-state index contributed by atoms with van der Waals surface area (Å²) in [7, 11) is 0. The molecule has 8 heteroatoms. The summed E-state index contributed by atoms with van der Waals surface area (Å²) in [5.74, 6) is -0.0173. The number of carbonyl (C=O) groups excluding carboxylic acids is 1. The van der Waals surface area contributed by atoms with Crippen LogP contribution in [0.3, 0.4) is 0 Å². The normalized spacial score (nSPS) is 15.2. The number of nitrogens with one attached hydrogen (secondary N) is 2. The third-order valence-corrected chi connectivity index (χ3v) is 4.96. The van der Waals surface area contributed by atoms with Gasteiger partial charge in [-0.2, -0.15) is 5.10 Å². The third kappa shape index (κ3) is 4.46. The predicted octanol–water partition coefficient (Wildman–Crippen LogP) is 1.60. The average molecular weight is 406 g/mol. The molecule has 0 aliphatic carbocycles. The lowest BCUT2D eigenvalue weighted by Gasteiger charge is -2.35. The molecule has 7 nitrogen and oxygen atoms in total. The van der Waals surface area contributed by atoms with Crippen molar-refractivity contribution in [3.63, 3.8) is 0 Å². The summed E-state index contributed by atoms with van der Waals surface area (Å²) in [6.45, 7) is 5.35. The van der Waals surface area contributed by atoms with Crippen molar-refractivity contribution in [1.29, 1.82) is 0 Å². The summed E-state index contributed by atoms with van der Waals surface area (Å²) in [4.78, 5) is 28.0. The van der Waals surface area contributed by atoms with Crippen LogP contribution in [0.4, 0.5) is 11.4 Å². The zero-order valence-electron chi connectivity index (χ0n) is 14.0. The number of nitrogens with zero attached hydrogens (tertiary/aromatic N) is 3. The second-order valence-corrected chi connectivity index (χ2v) is 6.87. The van der Waals surface area contributed by atoms with Crippen LogP contribution in [0.1, 0.15) is 5.56 Å². The van der Waals surface area contributed by atoms with E-state index < -0.39 is 0 Å². The van der Waals surface area contributed by atoms with E-state index in [1.54, 1.807) is 6.20 Å². The molecule has 0 unspecified atom stereocenters. The van der Waals surface area contributed by atoms with Crippen molar-refractivity contribution in [1.82, 2.24) is 15.1 Å². The molecule has 1 aromatic heterocycles. The Morgan fingerprint density at radius 3 is 2.60 bits per heavy atom. The van der Waals surface area contributed by atoms with Crippen LogP contribution >= 0.6 is 15.9 Å². The van der Waals surface area contributed by atoms with Gasteiger partial charge < -0.3 is 10.2 Å². The number of hydrogen-bond acceptors (Lipinski definition) is 5. The van der Waals surface area contributed by atoms with Gasteiger partial charge in [0.25, 0.3) is 5.56 Å². The molecule has 0 saturated carbocycles. The summed E-state index contributed by atoms with van der Waals surface area (Å²) >= 11 is 3.31. The van der Waals surface area contributed by atoms with Crippen LogP contribution in [0.5, 0.6) is 0 Å². The lowest BCUT2D eigenvalue weighted by Crippen LogP contribution is -2.49. The minimum absolute atomic E-state index is 0.0173. The Morgan fingerprint density at radius 1 is 1.24 bits per heavy atom. The fraction of sp³-hybridized carbons (Fsp3) is 0.353. The average Bonchev–Trinajstić information content (AvgIpc) is 2.60. The first kappa shape index (κ1) is 17.6. The Hall–Kier alpha value is -2.19. The number of piperazine rings is 1. The Morgan fingerprint density at radius 2 is 1.92 bits per heavy atom. The second-order valence-electron chi connectivity index (χ2n) is 6.08. The van der Waals surface area contributed by atoms with E-state index in [9.17, 15) is 9.59 Å². The highest BCUT2D eigenvalue weighted by molar-refractivity contribution is 9.10. The highest BCUT2D eigenvalue weighted by Gasteiger charge is 2.21. The van der Waals surface area contributed by atoms with E-state index in [1.165, 1.54) is 0 Å². The highest BCUT2D eigenvalue weighted by Crippen LogP contribution is 2.22. The molecule has 3 rings (SSSR count). The van der Waals surface area contributed by atoms with Crippen LogP contribution < -0.4 is 15.8 Å². The Labute approximate surface area is 154 Å². The number of anilines is 2. The summed E-state index contributed by atoms with van der Waals surface area (Å²) in [5.41, 5.74) is 2.52. The molecule has 1 saturated heterocycles. The van der Waals surface area contributed by atoms with Crippen molar-refractivity contribution in [2.24, 2.45) is 0 Å². The van der Waals surface area contributed by atoms with Crippen molar-refractivity contribution in [2.75, 3.05) is 42.9 Å². The van der Waals surface area contributed by atoms with E-state index in [2.05, 4.69) is 41.2 Å². The van der Waals surface area contributed by atoms with Gasteiger partial charge in [-0.25, -0.2) is 5.10 Å². The number of aryl methyl sites for hydroxylation is 1. The molecular weight excluding hydrogens is 386 g/mol. The van der Waals surface area contributed by atoms with Gasteiger partial charge in [0, 0.05) is 31.9 Å². The standard InChI is InChI=1S/C17H20BrN5O2/c1-12-2-4-13(5-3-12)20-15(24)11-22-6-8-23(9-7-22)14-10-19-21-17(25)16(14)18/h2-5,10H,6-9,11H2,1H3,(H,20,24)(H,21,25). The lowest BCUT2D eigenvalue weighted by atomic mass is 10.2. The minimum atomic E-state index is -0.239. The SMILES string of the molecule is Cc1ccc(NC(=O)CN2CCN(c3cn[nH]c(=O)c3Br)CC2)cc1. The van der Waals surface area contributed by atoms with Gasteiger partial charge in [0.1, 0.15) is 4.47 Å². The topological polar surface area (TPSA) is 81.3 Å². The molecule has 0 radical (unpaired) electrons. The van der Waals surface area contributed by atoms with Crippen molar-refractivity contribution in [2.45, 2.75) is 6.92 Å². The molecule has 1 aliphatic rings. The monoisotopic (exact) mass is 405 g/mol. The molecule has 132 valence electrons. The fourth-order valence-electron chi connectivity index (χ4n) is 2.78. The number of hydrogen-bond donors (Lipinski definition) is 2. The Kier molecular flexibility index (Phi) is 5.50. The quantitative estimate of drug-likeness (QED) is 0.807. The second kappa shape index (κ2) is 7.79. The smallest absolute Gasteiger partial charge is 0.280 e. The van der Waals surface area contributed by atoms with Gasteiger partial charge in [0.15, 0.2) is 0 Å². The first-order chi connectivity index (χ1) is 12.0.